The van der Waals surface area contributed by atoms with E-state index in [1.54, 1.807) is 0 Å². The zero-order chi connectivity index (χ0) is 13.4. The summed E-state index contributed by atoms with van der Waals surface area (Å²) in [5.74, 6) is 0.713. The van der Waals surface area contributed by atoms with Gasteiger partial charge in [-0.2, -0.15) is 0 Å². The third-order valence-electron chi connectivity index (χ3n) is 3.84. The number of hydrogen-bond acceptors (Lipinski definition) is 4. The quantitative estimate of drug-likeness (QED) is 0.793. The van der Waals surface area contributed by atoms with Crippen molar-refractivity contribution in [1.82, 2.24) is 14.5 Å². The number of hydrogen-bond donors (Lipinski definition) is 2. The third-order valence-corrected chi connectivity index (χ3v) is 3.84. The van der Waals surface area contributed by atoms with Crippen LogP contribution in [0.2, 0.25) is 0 Å². The van der Waals surface area contributed by atoms with E-state index in [-0.39, 0.29) is 6.61 Å². The lowest BCUT2D eigenvalue weighted by Gasteiger charge is -2.17. The number of aromatic nitrogens is 2. The predicted octanol–water partition coefficient (Wildman–Crippen LogP) is 1.21. The molecule has 2 aromatic rings. The summed E-state index contributed by atoms with van der Waals surface area (Å²) in [6.45, 7) is 1.79. The minimum absolute atomic E-state index is 0.0400. The molecule has 19 heavy (non-hydrogen) atoms. The lowest BCUT2D eigenvalue weighted by molar-refractivity contribution is 0.259. The van der Waals surface area contributed by atoms with Gasteiger partial charge in [0, 0.05) is 24.8 Å². The summed E-state index contributed by atoms with van der Waals surface area (Å²) >= 11 is 0. The Morgan fingerprint density at radius 3 is 2.95 bits per heavy atom. The predicted molar refractivity (Wildman–Crippen MR) is 75.7 cm³/mol. The van der Waals surface area contributed by atoms with Gasteiger partial charge in [0.2, 0.25) is 0 Å². The molecule has 1 aromatic carbocycles. The van der Waals surface area contributed by atoms with Gasteiger partial charge in [0.15, 0.2) is 0 Å². The first-order valence-electron chi connectivity index (χ1n) is 6.75. The number of nitrogen functional groups attached to an aromatic ring is 1. The van der Waals surface area contributed by atoms with Crippen molar-refractivity contribution >= 4 is 16.7 Å². The van der Waals surface area contributed by atoms with Gasteiger partial charge in [0.25, 0.3) is 0 Å². The van der Waals surface area contributed by atoms with Crippen molar-refractivity contribution in [2.45, 2.75) is 32.0 Å². The fraction of sp³-hybridized carbons (Fsp3) is 0.500. The summed E-state index contributed by atoms with van der Waals surface area (Å²) < 4.78 is 2.09. The van der Waals surface area contributed by atoms with Gasteiger partial charge in [-0.15, -0.1) is 0 Å². The molecule has 1 aliphatic rings. The molecule has 0 aliphatic heterocycles. The van der Waals surface area contributed by atoms with Crippen molar-refractivity contribution in [3.05, 3.63) is 24.0 Å². The number of aliphatic hydroxyl groups excluding tert-OH is 1. The first kappa shape index (κ1) is 12.4. The molecule has 5 nitrogen and oxygen atoms in total. The SMILES string of the molecule is CN(CCn1c(CO)nc2cc(N)ccc21)C1CC1. The number of likely N-dealkylation sites (N-methyl/N-ethyl adjacent to an activating group) is 1. The first-order valence-corrected chi connectivity index (χ1v) is 6.75. The fourth-order valence-electron chi connectivity index (χ4n) is 2.52. The second kappa shape index (κ2) is 4.83. The summed E-state index contributed by atoms with van der Waals surface area (Å²) in [7, 11) is 2.16. The number of anilines is 1. The van der Waals surface area contributed by atoms with Crippen LogP contribution in [-0.4, -0.2) is 39.2 Å². The van der Waals surface area contributed by atoms with Crippen molar-refractivity contribution < 1.29 is 5.11 Å². The van der Waals surface area contributed by atoms with Gasteiger partial charge in [-0.25, -0.2) is 4.98 Å². The number of rotatable bonds is 5. The van der Waals surface area contributed by atoms with Gasteiger partial charge in [-0.05, 0) is 38.1 Å². The highest BCUT2D eigenvalue weighted by Gasteiger charge is 2.25. The maximum atomic E-state index is 9.45. The Labute approximate surface area is 112 Å². The van der Waals surface area contributed by atoms with E-state index in [2.05, 4.69) is 21.5 Å². The molecule has 3 N–H and O–H groups in total. The van der Waals surface area contributed by atoms with E-state index >= 15 is 0 Å². The zero-order valence-corrected chi connectivity index (χ0v) is 11.2. The van der Waals surface area contributed by atoms with Crippen LogP contribution < -0.4 is 5.73 Å². The van der Waals surface area contributed by atoms with Crippen LogP contribution in [0.1, 0.15) is 18.7 Å². The Bertz CT molecular complexity index is 588. The number of nitrogens with zero attached hydrogens (tertiary/aromatic N) is 3. The van der Waals surface area contributed by atoms with Gasteiger partial charge < -0.3 is 20.3 Å². The summed E-state index contributed by atoms with van der Waals surface area (Å²) in [6.07, 6.45) is 2.62. The molecule has 0 atom stereocenters. The van der Waals surface area contributed by atoms with Crippen LogP contribution in [0.25, 0.3) is 11.0 Å². The standard InChI is InChI=1S/C14H20N4O/c1-17(11-3-4-11)6-7-18-13-5-2-10(15)8-12(13)16-14(18)9-19/h2,5,8,11,19H,3-4,6-7,9,15H2,1H3. The van der Waals surface area contributed by atoms with Crippen LogP contribution in [-0.2, 0) is 13.2 Å². The lowest BCUT2D eigenvalue weighted by Crippen LogP contribution is -2.25. The maximum Gasteiger partial charge on any atom is 0.135 e. The highest BCUT2D eigenvalue weighted by Crippen LogP contribution is 2.25. The van der Waals surface area contributed by atoms with Crippen molar-refractivity contribution in [3.8, 4) is 0 Å². The average Bonchev–Trinajstić information content (AvgIpc) is 3.18. The minimum atomic E-state index is -0.0400. The number of aliphatic hydroxyl groups is 1. The first-order chi connectivity index (χ1) is 9.19. The van der Waals surface area contributed by atoms with Crippen LogP contribution in [0.3, 0.4) is 0 Å². The molecule has 0 amide bonds. The van der Waals surface area contributed by atoms with Crippen LogP contribution in [0.15, 0.2) is 18.2 Å². The molecule has 1 fully saturated rings. The maximum absolute atomic E-state index is 9.45. The molecular weight excluding hydrogens is 240 g/mol. The molecule has 1 aromatic heterocycles. The summed E-state index contributed by atoms with van der Waals surface area (Å²) in [4.78, 5) is 6.82. The number of imidazole rings is 1. The molecule has 1 saturated carbocycles. The number of fused-ring (bicyclic) bond motifs is 1. The Kier molecular flexibility index (Phi) is 3.16. The van der Waals surface area contributed by atoms with Gasteiger partial charge in [-0.1, -0.05) is 0 Å². The van der Waals surface area contributed by atoms with Gasteiger partial charge >= 0.3 is 0 Å². The highest BCUT2D eigenvalue weighted by molar-refractivity contribution is 5.79. The molecule has 102 valence electrons. The van der Waals surface area contributed by atoms with Crippen molar-refractivity contribution in [1.29, 1.82) is 0 Å². The average molecular weight is 260 g/mol. The van der Waals surface area contributed by atoms with Crippen LogP contribution in [0.5, 0.6) is 0 Å². The summed E-state index contributed by atoms with van der Waals surface area (Å²) in [5, 5.41) is 9.45. The Morgan fingerprint density at radius 1 is 1.47 bits per heavy atom. The molecule has 0 radical (unpaired) electrons. The van der Waals surface area contributed by atoms with E-state index < -0.39 is 0 Å². The van der Waals surface area contributed by atoms with E-state index in [1.165, 1.54) is 12.8 Å². The van der Waals surface area contributed by atoms with Gasteiger partial charge in [0.1, 0.15) is 12.4 Å². The fourth-order valence-corrected chi connectivity index (χ4v) is 2.52. The molecule has 3 rings (SSSR count). The van der Waals surface area contributed by atoms with Crippen LogP contribution in [0, 0.1) is 0 Å². The van der Waals surface area contributed by atoms with E-state index in [9.17, 15) is 5.11 Å². The normalized spacial score (nSPS) is 15.5. The van der Waals surface area contributed by atoms with E-state index in [0.717, 1.165) is 30.2 Å². The Hall–Kier alpha value is -1.59. The van der Waals surface area contributed by atoms with Crippen molar-refractivity contribution in [2.24, 2.45) is 0 Å². The number of benzene rings is 1. The largest absolute Gasteiger partial charge is 0.399 e. The molecule has 0 spiro atoms. The second-order valence-corrected chi connectivity index (χ2v) is 5.30. The molecule has 1 heterocycles. The summed E-state index contributed by atoms with van der Waals surface area (Å²) in [6, 6.07) is 6.47. The molecule has 0 bridgehead atoms. The molecule has 0 unspecified atom stereocenters. The van der Waals surface area contributed by atoms with Crippen LogP contribution in [0.4, 0.5) is 5.69 Å². The summed E-state index contributed by atoms with van der Waals surface area (Å²) in [5.41, 5.74) is 8.38. The van der Waals surface area contributed by atoms with Crippen molar-refractivity contribution in [2.75, 3.05) is 19.3 Å². The van der Waals surface area contributed by atoms with E-state index in [1.807, 2.05) is 18.2 Å². The second-order valence-electron chi connectivity index (χ2n) is 5.30. The molecular formula is C14H20N4O. The smallest absolute Gasteiger partial charge is 0.135 e. The molecule has 1 aliphatic carbocycles. The Morgan fingerprint density at radius 2 is 2.26 bits per heavy atom. The van der Waals surface area contributed by atoms with Crippen molar-refractivity contribution in [3.63, 3.8) is 0 Å². The molecule has 5 heteroatoms. The number of nitrogens with two attached hydrogens (primary N) is 1. The monoisotopic (exact) mass is 260 g/mol. The Balaban J connectivity index is 1.87. The highest BCUT2D eigenvalue weighted by atomic mass is 16.3. The van der Waals surface area contributed by atoms with E-state index in [0.29, 0.717) is 11.5 Å². The topological polar surface area (TPSA) is 67.3 Å². The zero-order valence-electron chi connectivity index (χ0n) is 11.2. The van der Waals surface area contributed by atoms with Gasteiger partial charge in [-0.3, -0.25) is 0 Å². The van der Waals surface area contributed by atoms with Gasteiger partial charge in [0.05, 0.1) is 11.0 Å². The molecule has 0 saturated heterocycles. The van der Waals surface area contributed by atoms with Crippen LogP contribution >= 0.6 is 0 Å². The third kappa shape index (κ3) is 2.43. The van der Waals surface area contributed by atoms with E-state index in [4.69, 9.17) is 5.73 Å². The lowest BCUT2D eigenvalue weighted by atomic mass is 10.3. The minimum Gasteiger partial charge on any atom is -0.399 e.